The molecule has 29 heavy (non-hydrogen) atoms. The summed E-state index contributed by atoms with van der Waals surface area (Å²) in [5.74, 6) is -0.512. The molecule has 1 amide bonds. The van der Waals surface area contributed by atoms with Gasteiger partial charge in [0.25, 0.3) is 11.7 Å². The molecule has 1 aliphatic heterocycles. The van der Waals surface area contributed by atoms with E-state index in [9.17, 15) is 14.4 Å². The molecule has 1 fully saturated rings. The molecule has 2 N–H and O–H groups in total. The van der Waals surface area contributed by atoms with Crippen LogP contribution in [0.4, 0.5) is 5.82 Å². The summed E-state index contributed by atoms with van der Waals surface area (Å²) in [6.45, 7) is 2.75. The van der Waals surface area contributed by atoms with Crippen molar-refractivity contribution in [3.8, 4) is 0 Å². The van der Waals surface area contributed by atoms with Crippen LogP contribution < -0.4 is 15.2 Å². The van der Waals surface area contributed by atoms with Crippen LogP contribution in [0.1, 0.15) is 35.7 Å². The van der Waals surface area contributed by atoms with Crippen LogP contribution >= 0.6 is 0 Å². The molecule has 7 heteroatoms. The lowest BCUT2D eigenvalue weighted by atomic mass is 10.0. The number of anilines is 1. The Hall–Kier alpha value is -3.22. The van der Waals surface area contributed by atoms with Gasteiger partial charge >= 0.3 is 5.97 Å². The summed E-state index contributed by atoms with van der Waals surface area (Å²) in [7, 11) is 0. The maximum absolute atomic E-state index is 12.5. The number of H-pyrrole nitrogens is 1. The smallest absolute Gasteiger partial charge is 0.347 e. The fraction of sp³-hybridized carbons (Fsp3) is 0.364. The van der Waals surface area contributed by atoms with Crippen molar-refractivity contribution in [2.45, 2.75) is 32.2 Å². The van der Waals surface area contributed by atoms with Crippen molar-refractivity contribution in [3.05, 3.63) is 59.8 Å². The molecule has 0 radical (unpaired) electrons. The molecule has 2 heterocycles. The highest BCUT2D eigenvalue weighted by Gasteiger charge is 2.28. The van der Waals surface area contributed by atoms with Gasteiger partial charge in [0.2, 0.25) is 0 Å². The summed E-state index contributed by atoms with van der Waals surface area (Å²) >= 11 is 0. The largest absolute Gasteiger partial charge is 0.452 e. The average Bonchev–Trinajstić information content (AvgIpc) is 3.27. The Labute approximate surface area is 170 Å². The zero-order valence-electron chi connectivity index (χ0n) is 16.5. The number of ether oxygens (including phenoxy) is 1. The van der Waals surface area contributed by atoms with E-state index < -0.39 is 24.5 Å². The number of pyridine rings is 1. The zero-order chi connectivity index (χ0) is 20.6. The monoisotopic (exact) mass is 396 g/mol. The third-order valence-corrected chi connectivity index (χ3v) is 4.92. The summed E-state index contributed by atoms with van der Waals surface area (Å²) in [6.07, 6.45) is 4.31. The molecule has 7 nitrogen and oxygen atoms in total. The van der Waals surface area contributed by atoms with Gasteiger partial charge in [-0.3, -0.25) is 14.5 Å². The molecule has 0 bridgehead atoms. The molecule has 0 saturated carbocycles. The third-order valence-electron chi connectivity index (χ3n) is 4.92. The maximum atomic E-state index is 12.5. The van der Waals surface area contributed by atoms with E-state index in [1.807, 2.05) is 30.3 Å². The highest BCUT2D eigenvalue weighted by molar-refractivity contribution is 5.95. The standard InChI is InChI=1S/C22H25N3O4/c1-16(26)19(14-17-8-3-2-4-9-17)24-20(27)15-29-22(28)18-10-7-11-23-21(18)25-12-5-6-13-25/h2-4,7-11,19H,5-6,12-15H2,1H3,(H,24,27)/p+1/t19-/m0/s1. The van der Waals surface area contributed by atoms with Crippen molar-refractivity contribution in [1.82, 2.24) is 5.32 Å². The zero-order valence-corrected chi connectivity index (χ0v) is 16.5. The van der Waals surface area contributed by atoms with Crippen molar-refractivity contribution in [2.75, 3.05) is 24.6 Å². The number of hydrogen-bond donors (Lipinski definition) is 1. The van der Waals surface area contributed by atoms with E-state index in [0.717, 1.165) is 31.5 Å². The lowest BCUT2D eigenvalue weighted by Gasteiger charge is -2.16. The Balaban J connectivity index is 1.57. The summed E-state index contributed by atoms with van der Waals surface area (Å²) in [4.78, 5) is 41.9. The van der Waals surface area contributed by atoms with E-state index >= 15 is 0 Å². The van der Waals surface area contributed by atoms with Gasteiger partial charge in [0.05, 0.1) is 25.3 Å². The fourth-order valence-electron chi connectivity index (χ4n) is 3.39. The molecule has 1 atom stereocenters. The Morgan fingerprint density at radius 3 is 2.52 bits per heavy atom. The molecular weight excluding hydrogens is 370 g/mol. The molecule has 1 aromatic carbocycles. The van der Waals surface area contributed by atoms with Crippen molar-refractivity contribution in [1.29, 1.82) is 0 Å². The quantitative estimate of drug-likeness (QED) is 0.684. The van der Waals surface area contributed by atoms with Gasteiger partial charge < -0.3 is 10.1 Å². The first-order valence-corrected chi connectivity index (χ1v) is 9.81. The third kappa shape index (κ3) is 5.63. The fourth-order valence-corrected chi connectivity index (χ4v) is 3.39. The second kappa shape index (κ2) is 9.82. The summed E-state index contributed by atoms with van der Waals surface area (Å²) in [5, 5.41) is 2.66. The minimum Gasteiger partial charge on any atom is -0.452 e. The van der Waals surface area contributed by atoms with Gasteiger partial charge in [-0.05, 0) is 43.9 Å². The molecule has 1 saturated heterocycles. The number of nitrogens with zero attached hydrogens (tertiary/aromatic N) is 1. The van der Waals surface area contributed by atoms with E-state index in [1.54, 1.807) is 18.3 Å². The summed E-state index contributed by atoms with van der Waals surface area (Å²) < 4.78 is 5.21. The van der Waals surface area contributed by atoms with Gasteiger partial charge in [0, 0.05) is 0 Å². The molecular formula is C22H26N3O4+. The number of aromatic amines is 1. The number of amides is 1. The number of ketones is 1. The van der Waals surface area contributed by atoms with E-state index in [1.165, 1.54) is 6.92 Å². The molecule has 3 rings (SSSR count). The van der Waals surface area contributed by atoms with Gasteiger partial charge in [-0.15, -0.1) is 0 Å². The van der Waals surface area contributed by atoms with Crippen LogP contribution in [0.3, 0.4) is 0 Å². The first kappa shape index (κ1) is 20.5. The average molecular weight is 396 g/mol. The number of Topliss-reactive ketones (excluding diaryl/α,β-unsaturated/α-hetero) is 1. The number of hydrogen-bond acceptors (Lipinski definition) is 5. The summed E-state index contributed by atoms with van der Waals surface area (Å²) in [5.41, 5.74) is 1.34. The molecule has 1 aliphatic rings. The SMILES string of the molecule is CC(=O)[C@H](Cc1ccccc1)NC(=O)COC(=O)c1ccc[nH+]c1N1CCCC1. The van der Waals surface area contributed by atoms with Gasteiger partial charge in [-0.25, -0.2) is 9.78 Å². The van der Waals surface area contributed by atoms with E-state index in [-0.39, 0.29) is 5.78 Å². The maximum Gasteiger partial charge on any atom is 0.347 e. The number of carbonyl (C=O) groups excluding carboxylic acids is 3. The van der Waals surface area contributed by atoms with Crippen molar-refractivity contribution in [3.63, 3.8) is 0 Å². The molecule has 1 aromatic heterocycles. The topological polar surface area (TPSA) is 89.8 Å². The number of nitrogens with one attached hydrogen (secondary N) is 2. The number of carbonyl (C=O) groups is 3. The Bertz CT molecular complexity index is 863. The number of esters is 1. The highest BCUT2D eigenvalue weighted by Crippen LogP contribution is 2.20. The van der Waals surface area contributed by atoms with Crippen molar-refractivity contribution >= 4 is 23.5 Å². The molecule has 0 spiro atoms. The van der Waals surface area contributed by atoms with E-state index in [0.29, 0.717) is 17.8 Å². The van der Waals surface area contributed by atoms with Crippen molar-refractivity contribution < 1.29 is 24.1 Å². The van der Waals surface area contributed by atoms with Gasteiger partial charge in [-0.1, -0.05) is 30.3 Å². The number of benzene rings is 1. The van der Waals surface area contributed by atoms with Crippen molar-refractivity contribution in [2.24, 2.45) is 0 Å². The summed E-state index contributed by atoms with van der Waals surface area (Å²) in [6, 6.07) is 12.2. The minimum atomic E-state index is -0.658. The number of rotatable bonds is 8. The minimum absolute atomic E-state index is 0.150. The van der Waals surface area contributed by atoms with Crippen LogP contribution in [0.15, 0.2) is 48.7 Å². The number of aromatic nitrogens is 1. The Morgan fingerprint density at radius 2 is 1.83 bits per heavy atom. The van der Waals surface area contributed by atoms with Crippen LogP contribution in [0.25, 0.3) is 0 Å². The first-order valence-electron chi connectivity index (χ1n) is 9.81. The van der Waals surface area contributed by atoms with E-state index in [2.05, 4.69) is 15.2 Å². The van der Waals surface area contributed by atoms with Gasteiger partial charge in [0.1, 0.15) is 5.56 Å². The van der Waals surface area contributed by atoms with Crippen LogP contribution in [0, 0.1) is 0 Å². The predicted molar refractivity (Wildman–Crippen MR) is 107 cm³/mol. The predicted octanol–water partition coefficient (Wildman–Crippen LogP) is 1.57. The first-order chi connectivity index (χ1) is 14.0. The van der Waals surface area contributed by atoms with E-state index in [4.69, 9.17) is 4.74 Å². The van der Waals surface area contributed by atoms with Crippen LogP contribution in [0.5, 0.6) is 0 Å². The molecule has 152 valence electrons. The van der Waals surface area contributed by atoms with Crippen LogP contribution in [-0.4, -0.2) is 43.4 Å². The van der Waals surface area contributed by atoms with Crippen LogP contribution in [-0.2, 0) is 20.7 Å². The second-order valence-corrected chi connectivity index (χ2v) is 7.12. The van der Waals surface area contributed by atoms with Crippen LogP contribution in [0.2, 0.25) is 0 Å². The molecule has 0 aliphatic carbocycles. The lowest BCUT2D eigenvalue weighted by Crippen LogP contribution is -2.43. The highest BCUT2D eigenvalue weighted by atomic mass is 16.5. The Kier molecular flexibility index (Phi) is 6.94. The molecule has 0 unspecified atom stereocenters. The normalized spacial score (nSPS) is 14.3. The second-order valence-electron chi connectivity index (χ2n) is 7.12. The lowest BCUT2D eigenvalue weighted by molar-refractivity contribution is -0.364. The van der Waals surface area contributed by atoms with Gasteiger partial charge in [0.15, 0.2) is 12.4 Å². The van der Waals surface area contributed by atoms with Gasteiger partial charge in [-0.2, -0.15) is 0 Å². The molecule has 2 aromatic rings. The Morgan fingerprint density at radius 1 is 1.10 bits per heavy atom.